The summed E-state index contributed by atoms with van der Waals surface area (Å²) in [6.45, 7) is 7.63. The highest BCUT2D eigenvalue weighted by molar-refractivity contribution is 5.63. The summed E-state index contributed by atoms with van der Waals surface area (Å²) in [5, 5.41) is 12.2. The van der Waals surface area contributed by atoms with Gasteiger partial charge in [-0.15, -0.1) is 0 Å². The molecule has 2 aromatic carbocycles. The molecular formula is C24H26FN5. The van der Waals surface area contributed by atoms with E-state index in [0.29, 0.717) is 6.54 Å². The van der Waals surface area contributed by atoms with Crippen LogP contribution in [0.1, 0.15) is 28.1 Å². The van der Waals surface area contributed by atoms with Gasteiger partial charge in [-0.1, -0.05) is 17.7 Å². The first-order valence-corrected chi connectivity index (χ1v) is 10.0. The first-order valence-electron chi connectivity index (χ1n) is 10.0. The van der Waals surface area contributed by atoms with Gasteiger partial charge in [-0.05, 0) is 64.2 Å². The zero-order valence-electron chi connectivity index (χ0n) is 17.8. The van der Waals surface area contributed by atoms with Crippen LogP contribution in [0.4, 0.5) is 4.39 Å². The van der Waals surface area contributed by atoms with E-state index in [4.69, 9.17) is 5.10 Å². The Kier molecular flexibility index (Phi) is 5.50. The van der Waals surface area contributed by atoms with E-state index in [1.165, 1.54) is 23.3 Å². The van der Waals surface area contributed by atoms with Crippen LogP contribution < -0.4 is 0 Å². The fourth-order valence-corrected chi connectivity index (χ4v) is 3.63. The Hall–Kier alpha value is -3.25. The number of H-pyrrole nitrogens is 1. The molecule has 4 aromatic rings. The Labute approximate surface area is 176 Å². The normalized spacial score (nSPS) is 11.4. The van der Waals surface area contributed by atoms with E-state index in [1.54, 1.807) is 12.1 Å². The molecule has 0 aliphatic heterocycles. The molecule has 0 bridgehead atoms. The molecule has 0 saturated carbocycles. The molecule has 0 radical (unpaired) electrons. The Morgan fingerprint density at radius 2 is 1.67 bits per heavy atom. The lowest BCUT2D eigenvalue weighted by molar-refractivity contribution is 0.318. The second kappa shape index (κ2) is 8.24. The third-order valence-corrected chi connectivity index (χ3v) is 5.36. The molecule has 0 aliphatic carbocycles. The summed E-state index contributed by atoms with van der Waals surface area (Å²) in [5.74, 6) is -0.249. The van der Waals surface area contributed by atoms with Crippen LogP contribution >= 0.6 is 0 Å². The fraction of sp³-hybridized carbons (Fsp3) is 0.250. The molecule has 154 valence electrons. The van der Waals surface area contributed by atoms with Crippen LogP contribution in [0.3, 0.4) is 0 Å². The number of rotatable bonds is 6. The number of aromatic amines is 1. The summed E-state index contributed by atoms with van der Waals surface area (Å²) >= 11 is 0. The maximum Gasteiger partial charge on any atom is 0.123 e. The second-order valence-electron chi connectivity index (χ2n) is 7.87. The maximum absolute atomic E-state index is 13.5. The minimum absolute atomic E-state index is 0.249. The zero-order chi connectivity index (χ0) is 21.3. The minimum atomic E-state index is -0.249. The summed E-state index contributed by atoms with van der Waals surface area (Å²) < 4.78 is 15.4. The largest absolute Gasteiger partial charge is 0.298 e. The van der Waals surface area contributed by atoms with Crippen molar-refractivity contribution in [2.24, 2.45) is 0 Å². The minimum Gasteiger partial charge on any atom is -0.298 e. The number of halogens is 1. The Bertz CT molecular complexity index is 1120. The van der Waals surface area contributed by atoms with Gasteiger partial charge in [0.25, 0.3) is 0 Å². The molecule has 0 spiro atoms. The van der Waals surface area contributed by atoms with Gasteiger partial charge in [0.2, 0.25) is 0 Å². The van der Waals surface area contributed by atoms with Crippen molar-refractivity contribution in [3.05, 3.63) is 88.6 Å². The predicted molar refractivity (Wildman–Crippen MR) is 117 cm³/mol. The molecule has 0 aliphatic rings. The van der Waals surface area contributed by atoms with E-state index in [-0.39, 0.29) is 5.82 Å². The summed E-state index contributed by atoms with van der Waals surface area (Å²) in [7, 11) is 2.09. The van der Waals surface area contributed by atoms with Crippen LogP contribution in [0, 0.1) is 26.6 Å². The van der Waals surface area contributed by atoms with Gasteiger partial charge in [-0.3, -0.25) is 10.00 Å². The average molecular weight is 404 g/mol. The topological polar surface area (TPSA) is 49.7 Å². The van der Waals surface area contributed by atoms with Crippen LogP contribution in [0.15, 0.2) is 54.7 Å². The molecule has 30 heavy (non-hydrogen) atoms. The molecule has 0 saturated heterocycles. The molecule has 0 fully saturated rings. The molecule has 4 rings (SSSR count). The lowest BCUT2D eigenvalue weighted by Gasteiger charge is -2.17. The van der Waals surface area contributed by atoms with Crippen LogP contribution in [0.2, 0.25) is 0 Å². The third kappa shape index (κ3) is 4.19. The van der Waals surface area contributed by atoms with E-state index < -0.39 is 0 Å². The lowest BCUT2D eigenvalue weighted by atomic mass is 10.1. The van der Waals surface area contributed by atoms with Crippen molar-refractivity contribution in [3.8, 4) is 16.9 Å². The first kappa shape index (κ1) is 20.0. The number of hydrogen-bond acceptors (Lipinski definition) is 3. The van der Waals surface area contributed by atoms with E-state index in [2.05, 4.69) is 59.5 Å². The van der Waals surface area contributed by atoms with Crippen LogP contribution in [0.5, 0.6) is 0 Å². The number of aryl methyl sites for hydroxylation is 3. The van der Waals surface area contributed by atoms with E-state index in [0.717, 1.165) is 40.4 Å². The molecular weight excluding hydrogens is 377 g/mol. The summed E-state index contributed by atoms with van der Waals surface area (Å²) in [5.41, 5.74) is 8.39. The van der Waals surface area contributed by atoms with Crippen molar-refractivity contribution in [3.63, 3.8) is 0 Å². The fourth-order valence-electron chi connectivity index (χ4n) is 3.63. The van der Waals surface area contributed by atoms with E-state index in [1.807, 2.05) is 18.5 Å². The van der Waals surface area contributed by atoms with Crippen molar-refractivity contribution in [1.82, 2.24) is 24.9 Å². The number of nitrogens with zero attached hydrogens (tertiary/aromatic N) is 4. The maximum atomic E-state index is 13.5. The van der Waals surface area contributed by atoms with E-state index in [9.17, 15) is 4.39 Å². The van der Waals surface area contributed by atoms with Gasteiger partial charge in [-0.2, -0.15) is 10.2 Å². The summed E-state index contributed by atoms with van der Waals surface area (Å²) in [4.78, 5) is 2.24. The van der Waals surface area contributed by atoms with Crippen molar-refractivity contribution >= 4 is 0 Å². The van der Waals surface area contributed by atoms with Crippen LogP contribution in [-0.4, -0.2) is 31.9 Å². The van der Waals surface area contributed by atoms with Gasteiger partial charge < -0.3 is 0 Å². The van der Waals surface area contributed by atoms with E-state index >= 15 is 0 Å². The van der Waals surface area contributed by atoms with Crippen molar-refractivity contribution < 1.29 is 4.39 Å². The van der Waals surface area contributed by atoms with Crippen molar-refractivity contribution in [2.45, 2.75) is 33.9 Å². The smallest absolute Gasteiger partial charge is 0.123 e. The van der Waals surface area contributed by atoms with Crippen molar-refractivity contribution in [1.29, 1.82) is 0 Å². The van der Waals surface area contributed by atoms with Gasteiger partial charge in [0.1, 0.15) is 5.82 Å². The second-order valence-corrected chi connectivity index (χ2v) is 7.87. The monoisotopic (exact) mass is 403 g/mol. The first-order chi connectivity index (χ1) is 14.4. The van der Waals surface area contributed by atoms with Gasteiger partial charge in [-0.25, -0.2) is 9.07 Å². The number of aromatic nitrogens is 4. The summed E-state index contributed by atoms with van der Waals surface area (Å²) in [6.07, 6.45) is 2.06. The molecule has 5 nitrogen and oxygen atoms in total. The molecule has 6 heteroatoms. The van der Waals surface area contributed by atoms with Crippen LogP contribution in [-0.2, 0) is 13.1 Å². The standard InChI is InChI=1S/C24H26FN5/c1-16-5-11-22(12-6-16)30-14-20(24(28-30)19-7-9-21(25)10-8-19)13-29(4)15-23-17(2)26-27-18(23)3/h5-12,14H,13,15H2,1-4H3,(H,26,27). The molecule has 2 aromatic heterocycles. The number of hydrogen-bond donors (Lipinski definition) is 1. The SMILES string of the molecule is Cc1ccc(-n2cc(CN(C)Cc3c(C)n[nH]c3C)c(-c3ccc(F)cc3)n2)cc1. The molecule has 1 N–H and O–H groups in total. The highest BCUT2D eigenvalue weighted by Gasteiger charge is 2.16. The predicted octanol–water partition coefficient (Wildman–Crippen LogP) is 4.96. The highest BCUT2D eigenvalue weighted by Crippen LogP contribution is 2.26. The zero-order valence-corrected chi connectivity index (χ0v) is 17.8. The van der Waals surface area contributed by atoms with Crippen LogP contribution in [0.25, 0.3) is 16.9 Å². The quantitative estimate of drug-likeness (QED) is 0.495. The van der Waals surface area contributed by atoms with Gasteiger partial charge in [0.05, 0.1) is 17.1 Å². The highest BCUT2D eigenvalue weighted by atomic mass is 19.1. The van der Waals surface area contributed by atoms with Gasteiger partial charge in [0, 0.05) is 41.7 Å². The Balaban J connectivity index is 1.67. The summed E-state index contributed by atoms with van der Waals surface area (Å²) in [6, 6.07) is 14.8. The van der Waals surface area contributed by atoms with Gasteiger partial charge >= 0.3 is 0 Å². The average Bonchev–Trinajstić information content (AvgIpc) is 3.27. The van der Waals surface area contributed by atoms with Gasteiger partial charge in [0.15, 0.2) is 0 Å². The molecule has 0 unspecified atom stereocenters. The molecule has 0 amide bonds. The number of nitrogens with one attached hydrogen (secondary N) is 1. The molecule has 2 heterocycles. The Morgan fingerprint density at radius 3 is 2.30 bits per heavy atom. The lowest BCUT2D eigenvalue weighted by Crippen LogP contribution is -2.18. The third-order valence-electron chi connectivity index (χ3n) is 5.36. The Morgan fingerprint density at radius 1 is 0.967 bits per heavy atom. The van der Waals surface area contributed by atoms with Crippen molar-refractivity contribution in [2.75, 3.05) is 7.05 Å². The number of benzene rings is 2. The molecule has 0 atom stereocenters.